The maximum absolute atomic E-state index is 13.0. The average Bonchev–Trinajstić information content (AvgIpc) is 3.15. The number of carbonyl (C=O) groups excluding carboxylic acids is 1. The molecule has 29 heavy (non-hydrogen) atoms. The van der Waals surface area contributed by atoms with E-state index in [9.17, 15) is 18.0 Å². The number of methoxy groups -OCH3 is 1. The predicted octanol–water partition coefficient (Wildman–Crippen LogP) is 5.21. The van der Waals surface area contributed by atoms with Gasteiger partial charge in [-0.05, 0) is 48.0 Å². The number of rotatable bonds is 7. The van der Waals surface area contributed by atoms with Crippen LogP contribution in [0.4, 0.5) is 18.3 Å². The molecule has 1 N–H and O–H groups in total. The number of halogens is 3. The minimum Gasteiger partial charge on any atom is -0.493 e. The zero-order chi connectivity index (χ0) is 20.8. The molecule has 0 aliphatic heterocycles. The van der Waals surface area contributed by atoms with Crippen molar-refractivity contribution >= 4 is 28.5 Å². The van der Waals surface area contributed by atoms with Crippen molar-refractivity contribution in [2.75, 3.05) is 12.4 Å². The van der Waals surface area contributed by atoms with Crippen molar-refractivity contribution in [2.24, 2.45) is 0 Å². The highest BCUT2D eigenvalue weighted by Gasteiger charge is 2.11. The number of alkyl halides is 2. The highest BCUT2D eigenvalue weighted by Crippen LogP contribution is 2.30. The van der Waals surface area contributed by atoms with Gasteiger partial charge >= 0.3 is 6.61 Å². The van der Waals surface area contributed by atoms with E-state index in [1.165, 1.54) is 60.9 Å². The Bertz CT molecular complexity index is 1020. The van der Waals surface area contributed by atoms with Gasteiger partial charge in [-0.3, -0.25) is 10.1 Å². The largest absolute Gasteiger partial charge is 0.493 e. The summed E-state index contributed by atoms with van der Waals surface area (Å²) in [6.07, 6.45) is 2.78. The molecular weight excluding hydrogens is 405 g/mol. The molecule has 0 unspecified atom stereocenters. The molecule has 1 heterocycles. The van der Waals surface area contributed by atoms with Crippen LogP contribution in [0.15, 0.2) is 53.9 Å². The minimum atomic E-state index is -2.96. The Labute approximate surface area is 168 Å². The number of carbonyl (C=O) groups is 1. The van der Waals surface area contributed by atoms with Gasteiger partial charge in [0, 0.05) is 17.0 Å². The molecule has 0 atom stereocenters. The SMILES string of the molecule is COc1cc(/C=C/C(=O)Nc2nc(-c3ccc(F)cc3)cs2)ccc1OC(F)F. The third-order valence-electron chi connectivity index (χ3n) is 3.71. The number of anilines is 1. The number of amides is 1. The zero-order valence-corrected chi connectivity index (χ0v) is 15.9. The monoisotopic (exact) mass is 420 g/mol. The summed E-state index contributed by atoms with van der Waals surface area (Å²) in [6, 6.07) is 10.2. The van der Waals surface area contributed by atoms with E-state index in [4.69, 9.17) is 4.74 Å². The fraction of sp³-hybridized carbons (Fsp3) is 0.100. The lowest BCUT2D eigenvalue weighted by molar-refractivity contribution is -0.111. The molecule has 3 aromatic rings. The normalized spacial score (nSPS) is 11.1. The van der Waals surface area contributed by atoms with Crippen molar-refractivity contribution < 1.29 is 27.4 Å². The molecule has 1 amide bonds. The van der Waals surface area contributed by atoms with Crippen molar-refractivity contribution in [1.82, 2.24) is 4.98 Å². The molecule has 0 aliphatic rings. The number of benzene rings is 2. The fourth-order valence-corrected chi connectivity index (χ4v) is 3.11. The third-order valence-corrected chi connectivity index (χ3v) is 4.46. The maximum Gasteiger partial charge on any atom is 0.387 e. The van der Waals surface area contributed by atoms with Crippen LogP contribution in [0.2, 0.25) is 0 Å². The summed E-state index contributed by atoms with van der Waals surface area (Å²) < 4.78 is 47.1. The van der Waals surface area contributed by atoms with E-state index < -0.39 is 12.5 Å². The van der Waals surface area contributed by atoms with E-state index in [0.717, 1.165) is 5.56 Å². The molecule has 0 fully saturated rings. The number of nitrogens with zero attached hydrogens (tertiary/aromatic N) is 1. The number of ether oxygens (including phenoxy) is 2. The predicted molar refractivity (Wildman–Crippen MR) is 105 cm³/mol. The molecule has 0 aliphatic carbocycles. The molecule has 0 bridgehead atoms. The summed E-state index contributed by atoms with van der Waals surface area (Å²) in [5.41, 5.74) is 1.91. The highest BCUT2D eigenvalue weighted by atomic mass is 32.1. The third kappa shape index (κ3) is 5.58. The Morgan fingerprint density at radius 2 is 1.93 bits per heavy atom. The smallest absolute Gasteiger partial charge is 0.387 e. The van der Waals surface area contributed by atoms with Crippen LogP contribution in [0, 0.1) is 5.82 Å². The van der Waals surface area contributed by atoms with Gasteiger partial charge in [0.2, 0.25) is 5.91 Å². The second-order valence-electron chi connectivity index (χ2n) is 5.66. The van der Waals surface area contributed by atoms with Crippen LogP contribution >= 0.6 is 11.3 Å². The lowest BCUT2D eigenvalue weighted by atomic mass is 10.2. The summed E-state index contributed by atoms with van der Waals surface area (Å²) in [7, 11) is 1.33. The molecule has 0 radical (unpaired) electrons. The standard InChI is InChI=1S/C20H15F3N2O3S/c1-27-17-10-12(2-8-16(17)28-19(22)23)3-9-18(26)25-20-24-15(11-29-20)13-4-6-14(21)7-5-13/h2-11,19H,1H3,(H,24,25,26)/b9-3+. The number of thiazole rings is 1. The Balaban J connectivity index is 1.65. The number of hydrogen-bond donors (Lipinski definition) is 1. The fourth-order valence-electron chi connectivity index (χ4n) is 2.38. The van der Waals surface area contributed by atoms with Gasteiger partial charge in [-0.15, -0.1) is 11.3 Å². The quantitative estimate of drug-likeness (QED) is 0.533. The van der Waals surface area contributed by atoms with E-state index in [-0.39, 0.29) is 17.3 Å². The Kier molecular flexibility index (Phi) is 6.50. The molecule has 0 spiro atoms. The van der Waals surface area contributed by atoms with Crippen LogP contribution in [0.5, 0.6) is 11.5 Å². The molecule has 3 rings (SSSR count). The van der Waals surface area contributed by atoms with Gasteiger partial charge < -0.3 is 9.47 Å². The van der Waals surface area contributed by atoms with Gasteiger partial charge in [0.15, 0.2) is 16.6 Å². The van der Waals surface area contributed by atoms with Gasteiger partial charge in [-0.2, -0.15) is 8.78 Å². The van der Waals surface area contributed by atoms with Gasteiger partial charge in [0.1, 0.15) is 5.82 Å². The summed E-state index contributed by atoms with van der Waals surface area (Å²) in [4.78, 5) is 16.4. The van der Waals surface area contributed by atoms with Crippen molar-refractivity contribution in [1.29, 1.82) is 0 Å². The first-order chi connectivity index (χ1) is 13.9. The van der Waals surface area contributed by atoms with Crippen molar-refractivity contribution in [3.63, 3.8) is 0 Å². The summed E-state index contributed by atoms with van der Waals surface area (Å²) in [5, 5.41) is 4.77. The summed E-state index contributed by atoms with van der Waals surface area (Å²) in [6.45, 7) is -2.96. The van der Waals surface area contributed by atoms with Crippen LogP contribution in [0.1, 0.15) is 5.56 Å². The lowest BCUT2D eigenvalue weighted by Gasteiger charge is -2.10. The van der Waals surface area contributed by atoms with E-state index in [1.54, 1.807) is 17.5 Å². The first kappa shape index (κ1) is 20.4. The van der Waals surface area contributed by atoms with Crippen molar-refractivity contribution in [3.05, 3.63) is 65.3 Å². The average molecular weight is 420 g/mol. The first-order valence-electron chi connectivity index (χ1n) is 8.28. The minimum absolute atomic E-state index is 0.0970. The molecule has 5 nitrogen and oxygen atoms in total. The van der Waals surface area contributed by atoms with Crippen molar-refractivity contribution in [2.45, 2.75) is 6.61 Å². The van der Waals surface area contributed by atoms with E-state index in [2.05, 4.69) is 15.0 Å². The van der Waals surface area contributed by atoms with Crippen LogP contribution < -0.4 is 14.8 Å². The number of nitrogens with one attached hydrogen (secondary N) is 1. The zero-order valence-electron chi connectivity index (χ0n) is 15.1. The highest BCUT2D eigenvalue weighted by molar-refractivity contribution is 7.14. The van der Waals surface area contributed by atoms with Crippen LogP contribution in [-0.2, 0) is 4.79 Å². The van der Waals surface area contributed by atoms with Crippen LogP contribution in [0.25, 0.3) is 17.3 Å². The molecule has 2 aromatic carbocycles. The van der Waals surface area contributed by atoms with Crippen molar-refractivity contribution in [3.8, 4) is 22.8 Å². The Morgan fingerprint density at radius 3 is 2.62 bits per heavy atom. The topological polar surface area (TPSA) is 60.5 Å². The van der Waals surface area contributed by atoms with Gasteiger partial charge in [-0.1, -0.05) is 6.07 Å². The molecule has 1 aromatic heterocycles. The Hall–Kier alpha value is -3.33. The molecule has 150 valence electrons. The van der Waals surface area contributed by atoms with Gasteiger partial charge in [0.05, 0.1) is 12.8 Å². The number of hydrogen-bond acceptors (Lipinski definition) is 5. The van der Waals surface area contributed by atoms with E-state index in [1.807, 2.05) is 0 Å². The first-order valence-corrected chi connectivity index (χ1v) is 9.16. The second kappa shape index (κ2) is 9.24. The molecule has 9 heteroatoms. The van der Waals surface area contributed by atoms with Crippen LogP contribution in [0.3, 0.4) is 0 Å². The van der Waals surface area contributed by atoms with Crippen LogP contribution in [-0.4, -0.2) is 24.6 Å². The summed E-state index contributed by atoms with van der Waals surface area (Å²) >= 11 is 1.23. The van der Waals surface area contributed by atoms with Gasteiger partial charge in [0.25, 0.3) is 0 Å². The molecular formula is C20H15F3N2O3S. The second-order valence-corrected chi connectivity index (χ2v) is 6.51. The molecule has 0 saturated heterocycles. The maximum atomic E-state index is 13.0. The number of aromatic nitrogens is 1. The van der Waals surface area contributed by atoms with Gasteiger partial charge in [-0.25, -0.2) is 9.37 Å². The molecule has 0 saturated carbocycles. The lowest BCUT2D eigenvalue weighted by Crippen LogP contribution is -2.07. The van der Waals surface area contributed by atoms with E-state index in [0.29, 0.717) is 16.4 Å². The van der Waals surface area contributed by atoms with E-state index >= 15 is 0 Å². The summed E-state index contributed by atoms with van der Waals surface area (Å²) in [5.74, 6) is -0.734. The Morgan fingerprint density at radius 1 is 1.17 bits per heavy atom.